The first-order valence-corrected chi connectivity index (χ1v) is 3.88. The minimum Gasteiger partial charge on any atom is -0.389 e. The largest absolute Gasteiger partial charge is 0.389 e. The van der Waals surface area contributed by atoms with Gasteiger partial charge in [-0.05, 0) is 13.0 Å². The summed E-state index contributed by atoms with van der Waals surface area (Å²) >= 11 is 4.80. The number of rotatable bonds is 1. The SMILES string of the molecule is Cc1cccc(C(N)=S)c1.O=C=O. The maximum Gasteiger partial charge on any atom is 0.373 e. The van der Waals surface area contributed by atoms with Gasteiger partial charge in [0.1, 0.15) is 4.99 Å². The van der Waals surface area contributed by atoms with Crippen LogP contribution in [0.1, 0.15) is 11.1 Å². The third-order valence-electron chi connectivity index (χ3n) is 1.30. The number of aryl methyl sites for hydroxylation is 1. The lowest BCUT2D eigenvalue weighted by Gasteiger charge is -1.97. The third kappa shape index (κ3) is 4.85. The highest BCUT2D eigenvalue weighted by atomic mass is 32.1. The third-order valence-corrected chi connectivity index (χ3v) is 1.54. The number of benzene rings is 1. The smallest absolute Gasteiger partial charge is 0.373 e. The average molecular weight is 195 g/mol. The molecule has 0 amide bonds. The molecule has 0 aromatic heterocycles. The lowest BCUT2D eigenvalue weighted by atomic mass is 10.1. The Balaban J connectivity index is 0.000000424. The number of nitrogens with two attached hydrogens (primary N) is 1. The second-order valence-electron chi connectivity index (χ2n) is 2.32. The average Bonchev–Trinajstić information content (AvgIpc) is 2.05. The molecular formula is C9H9NO2S. The summed E-state index contributed by atoms with van der Waals surface area (Å²) in [5.74, 6) is 0. The molecule has 0 heterocycles. The Morgan fingerprint density at radius 2 is 2.00 bits per heavy atom. The van der Waals surface area contributed by atoms with Crippen molar-refractivity contribution in [3.8, 4) is 0 Å². The lowest BCUT2D eigenvalue weighted by Crippen LogP contribution is -2.08. The van der Waals surface area contributed by atoms with E-state index in [1.54, 1.807) is 0 Å². The van der Waals surface area contributed by atoms with Gasteiger partial charge in [0.05, 0.1) is 0 Å². The standard InChI is InChI=1S/C8H9NS.CO2/c1-6-3-2-4-7(5-6)8(9)10;2-1-3/h2-5H,1H3,(H2,9,10);. The maximum absolute atomic E-state index is 8.12. The Labute approximate surface area is 81.6 Å². The van der Waals surface area contributed by atoms with E-state index in [0.29, 0.717) is 4.99 Å². The second kappa shape index (κ2) is 6.06. The van der Waals surface area contributed by atoms with Gasteiger partial charge in [-0.3, -0.25) is 0 Å². The number of hydrogen-bond donors (Lipinski definition) is 1. The Bertz CT molecular complexity index is 330. The first-order valence-electron chi connectivity index (χ1n) is 3.47. The summed E-state index contributed by atoms with van der Waals surface area (Å²) in [5, 5.41) is 0. The Morgan fingerprint density at radius 3 is 2.31 bits per heavy atom. The fourth-order valence-electron chi connectivity index (χ4n) is 0.798. The molecule has 0 aliphatic rings. The molecule has 0 aliphatic heterocycles. The van der Waals surface area contributed by atoms with Gasteiger partial charge in [-0.25, -0.2) is 0 Å². The summed E-state index contributed by atoms with van der Waals surface area (Å²) in [6.45, 7) is 2.02. The quantitative estimate of drug-likeness (QED) is 0.680. The van der Waals surface area contributed by atoms with E-state index in [-0.39, 0.29) is 6.15 Å². The normalized spacial score (nSPS) is 7.77. The predicted octanol–water partition coefficient (Wildman–Crippen LogP) is 1.05. The van der Waals surface area contributed by atoms with Gasteiger partial charge >= 0.3 is 6.15 Å². The van der Waals surface area contributed by atoms with E-state index in [0.717, 1.165) is 5.56 Å². The number of hydrogen-bond acceptors (Lipinski definition) is 3. The molecule has 3 nitrogen and oxygen atoms in total. The van der Waals surface area contributed by atoms with Crippen molar-refractivity contribution in [3.63, 3.8) is 0 Å². The minimum absolute atomic E-state index is 0.250. The molecule has 0 atom stereocenters. The summed E-state index contributed by atoms with van der Waals surface area (Å²) in [4.78, 5) is 16.7. The van der Waals surface area contributed by atoms with E-state index in [4.69, 9.17) is 27.5 Å². The van der Waals surface area contributed by atoms with Gasteiger partial charge in [-0.1, -0.05) is 36.0 Å². The van der Waals surface area contributed by atoms with Gasteiger partial charge in [-0.2, -0.15) is 9.59 Å². The highest BCUT2D eigenvalue weighted by Gasteiger charge is 1.92. The summed E-state index contributed by atoms with van der Waals surface area (Å²) in [5.41, 5.74) is 7.54. The Morgan fingerprint density at radius 1 is 1.46 bits per heavy atom. The first kappa shape index (κ1) is 11.5. The van der Waals surface area contributed by atoms with Crippen LogP contribution in [-0.4, -0.2) is 11.1 Å². The number of thiocarbonyl (C=S) groups is 1. The van der Waals surface area contributed by atoms with Crippen LogP contribution in [0.25, 0.3) is 0 Å². The van der Waals surface area contributed by atoms with Crippen molar-refractivity contribution < 1.29 is 9.59 Å². The lowest BCUT2D eigenvalue weighted by molar-refractivity contribution is -0.191. The molecule has 0 saturated heterocycles. The molecule has 68 valence electrons. The topological polar surface area (TPSA) is 60.2 Å². The fraction of sp³-hybridized carbons (Fsp3) is 0.111. The van der Waals surface area contributed by atoms with Crippen molar-refractivity contribution in [1.29, 1.82) is 0 Å². The van der Waals surface area contributed by atoms with Crippen LogP contribution in [0.5, 0.6) is 0 Å². The zero-order chi connectivity index (χ0) is 10.3. The van der Waals surface area contributed by atoms with Crippen molar-refractivity contribution in [2.75, 3.05) is 0 Å². The summed E-state index contributed by atoms with van der Waals surface area (Å²) in [7, 11) is 0. The van der Waals surface area contributed by atoms with E-state index in [9.17, 15) is 0 Å². The van der Waals surface area contributed by atoms with Crippen LogP contribution in [0.15, 0.2) is 24.3 Å². The van der Waals surface area contributed by atoms with Gasteiger partial charge in [-0.15, -0.1) is 0 Å². The van der Waals surface area contributed by atoms with E-state index in [1.807, 2.05) is 31.2 Å². The van der Waals surface area contributed by atoms with Crippen molar-refractivity contribution in [2.45, 2.75) is 6.92 Å². The molecule has 0 unspecified atom stereocenters. The van der Waals surface area contributed by atoms with Crippen LogP contribution >= 0.6 is 12.2 Å². The van der Waals surface area contributed by atoms with Crippen molar-refractivity contribution >= 4 is 23.4 Å². The fourth-order valence-corrected chi connectivity index (χ4v) is 0.925. The van der Waals surface area contributed by atoms with Crippen LogP contribution in [-0.2, 0) is 9.59 Å². The molecule has 0 saturated carbocycles. The van der Waals surface area contributed by atoms with Crippen molar-refractivity contribution in [1.82, 2.24) is 0 Å². The maximum atomic E-state index is 8.12. The first-order chi connectivity index (χ1) is 6.11. The molecule has 1 aromatic carbocycles. The molecule has 0 aliphatic carbocycles. The predicted molar refractivity (Wildman–Crippen MR) is 52.1 cm³/mol. The summed E-state index contributed by atoms with van der Waals surface area (Å²) < 4.78 is 0. The molecule has 0 spiro atoms. The highest BCUT2D eigenvalue weighted by Crippen LogP contribution is 2.02. The van der Waals surface area contributed by atoms with E-state index in [1.165, 1.54) is 5.56 Å². The van der Waals surface area contributed by atoms with Gasteiger partial charge in [0.15, 0.2) is 0 Å². The van der Waals surface area contributed by atoms with Crippen LogP contribution < -0.4 is 5.73 Å². The number of carbonyl (C=O) groups excluding carboxylic acids is 2. The molecule has 1 aromatic rings. The minimum atomic E-state index is 0.250. The van der Waals surface area contributed by atoms with Gasteiger partial charge in [0, 0.05) is 5.56 Å². The molecule has 0 radical (unpaired) electrons. The van der Waals surface area contributed by atoms with Crippen molar-refractivity contribution in [2.24, 2.45) is 5.73 Å². The van der Waals surface area contributed by atoms with Crippen LogP contribution in [0, 0.1) is 6.92 Å². The van der Waals surface area contributed by atoms with Gasteiger partial charge < -0.3 is 5.73 Å². The van der Waals surface area contributed by atoms with Crippen LogP contribution in [0.4, 0.5) is 0 Å². The van der Waals surface area contributed by atoms with Crippen LogP contribution in [0.3, 0.4) is 0 Å². The van der Waals surface area contributed by atoms with Crippen LogP contribution in [0.2, 0.25) is 0 Å². The highest BCUT2D eigenvalue weighted by molar-refractivity contribution is 7.80. The zero-order valence-corrected chi connectivity index (χ0v) is 7.93. The molecule has 2 N–H and O–H groups in total. The van der Waals surface area contributed by atoms with Gasteiger partial charge in [0.25, 0.3) is 0 Å². The Kier molecular flexibility index (Phi) is 5.35. The molecule has 0 fully saturated rings. The van der Waals surface area contributed by atoms with Crippen molar-refractivity contribution in [3.05, 3.63) is 35.4 Å². The van der Waals surface area contributed by atoms with E-state index >= 15 is 0 Å². The van der Waals surface area contributed by atoms with E-state index < -0.39 is 0 Å². The molecule has 0 bridgehead atoms. The molecule has 13 heavy (non-hydrogen) atoms. The molecule has 1 rings (SSSR count). The monoisotopic (exact) mass is 195 g/mol. The van der Waals surface area contributed by atoms with Gasteiger partial charge in [0.2, 0.25) is 0 Å². The summed E-state index contributed by atoms with van der Waals surface area (Å²) in [6.07, 6.45) is 0.250. The zero-order valence-electron chi connectivity index (χ0n) is 7.11. The Hall–Kier alpha value is -1.51. The van der Waals surface area contributed by atoms with E-state index in [2.05, 4.69) is 0 Å². The summed E-state index contributed by atoms with van der Waals surface area (Å²) in [6, 6.07) is 7.85. The molecule has 4 heteroatoms. The molecular weight excluding hydrogens is 186 g/mol. The second-order valence-corrected chi connectivity index (χ2v) is 2.76.